The van der Waals surface area contributed by atoms with Gasteiger partial charge in [-0.2, -0.15) is 23.5 Å². The topological polar surface area (TPSA) is 159 Å². The van der Waals surface area contributed by atoms with E-state index in [9.17, 15) is 22.8 Å². The van der Waals surface area contributed by atoms with Gasteiger partial charge in [-0.25, -0.2) is 9.97 Å². The molecule has 0 spiro atoms. The fourth-order valence-electron chi connectivity index (χ4n) is 4.39. The zero-order chi connectivity index (χ0) is 28.6. The van der Waals surface area contributed by atoms with Crippen molar-refractivity contribution >= 4 is 29.0 Å². The van der Waals surface area contributed by atoms with E-state index in [1.54, 1.807) is 36.1 Å². The highest BCUT2D eigenvalue weighted by Gasteiger charge is 2.38. The first-order chi connectivity index (χ1) is 19.0. The third-order valence-corrected chi connectivity index (χ3v) is 6.36. The van der Waals surface area contributed by atoms with Crippen molar-refractivity contribution in [2.24, 2.45) is 5.73 Å². The Morgan fingerprint density at radius 3 is 2.70 bits per heavy atom. The van der Waals surface area contributed by atoms with Crippen LogP contribution in [-0.2, 0) is 17.5 Å². The average Bonchev–Trinajstić information content (AvgIpc) is 3.50. The highest BCUT2D eigenvalue weighted by atomic mass is 19.4. The molecule has 0 saturated carbocycles. The van der Waals surface area contributed by atoms with Gasteiger partial charge in [-0.05, 0) is 30.7 Å². The number of imidazole rings is 1. The van der Waals surface area contributed by atoms with Crippen molar-refractivity contribution in [2.75, 3.05) is 25.0 Å². The van der Waals surface area contributed by atoms with Crippen LogP contribution in [0.1, 0.15) is 21.6 Å². The van der Waals surface area contributed by atoms with Crippen LogP contribution in [0.2, 0.25) is 0 Å². The molecular formula is C25H23F3N10O2. The van der Waals surface area contributed by atoms with Crippen LogP contribution in [0.25, 0.3) is 16.9 Å². The van der Waals surface area contributed by atoms with Gasteiger partial charge < -0.3 is 21.3 Å². The van der Waals surface area contributed by atoms with Crippen molar-refractivity contribution in [3.8, 4) is 17.3 Å². The van der Waals surface area contributed by atoms with Crippen molar-refractivity contribution in [3.05, 3.63) is 59.8 Å². The van der Waals surface area contributed by atoms with Gasteiger partial charge in [0.1, 0.15) is 6.54 Å². The molecule has 3 aromatic heterocycles. The van der Waals surface area contributed by atoms with Gasteiger partial charge in [0.2, 0.25) is 5.91 Å². The van der Waals surface area contributed by atoms with E-state index >= 15 is 0 Å². The van der Waals surface area contributed by atoms with Crippen molar-refractivity contribution in [2.45, 2.75) is 25.7 Å². The van der Waals surface area contributed by atoms with Crippen molar-refractivity contribution in [3.63, 3.8) is 0 Å². The van der Waals surface area contributed by atoms with Gasteiger partial charge in [-0.3, -0.25) is 18.7 Å². The molecule has 0 aliphatic carbocycles. The molecule has 0 atom stereocenters. The van der Waals surface area contributed by atoms with E-state index < -0.39 is 17.8 Å². The van der Waals surface area contributed by atoms with E-state index in [1.165, 1.54) is 23.0 Å². The third-order valence-electron chi connectivity index (χ3n) is 6.36. The van der Waals surface area contributed by atoms with Crippen molar-refractivity contribution in [1.82, 2.24) is 34.4 Å². The summed E-state index contributed by atoms with van der Waals surface area (Å²) >= 11 is 0. The lowest BCUT2D eigenvalue weighted by Gasteiger charge is -2.36. The second kappa shape index (κ2) is 10.3. The lowest BCUT2D eigenvalue weighted by Crippen LogP contribution is -2.59. The summed E-state index contributed by atoms with van der Waals surface area (Å²) in [5.74, 6) is -0.344. The molecular weight excluding hydrogens is 529 g/mol. The molecule has 12 nitrogen and oxygen atoms in total. The molecule has 0 radical (unpaired) electrons. The molecule has 5 rings (SSSR count). The van der Waals surface area contributed by atoms with E-state index in [0.717, 1.165) is 10.9 Å². The predicted octanol–water partition coefficient (Wildman–Crippen LogP) is 2.09. The normalized spacial score (nSPS) is 13.7. The number of aromatic nitrogens is 5. The van der Waals surface area contributed by atoms with E-state index in [-0.39, 0.29) is 47.8 Å². The standard InChI is InChI=1S/C25H23F3N10O2/c1-14-8-16(2-3-17(14)24(40)33-10-20(39)36-11-15(30)12-36)34-22-23-32-9-19(38(23)7-5-31-22)18-13-37(6-4-29)35-21(18)25(26,27)28/h2-3,5,7-9,13,15H,6,10-12,30H2,1H3,(H,31,34)(H,33,40). The minimum Gasteiger partial charge on any atom is -0.343 e. The molecule has 40 heavy (non-hydrogen) atoms. The fourth-order valence-corrected chi connectivity index (χ4v) is 4.39. The van der Waals surface area contributed by atoms with Crippen molar-refractivity contribution < 1.29 is 22.8 Å². The van der Waals surface area contributed by atoms with E-state index in [4.69, 9.17) is 11.0 Å². The molecule has 1 aliphatic rings. The highest BCUT2D eigenvalue weighted by molar-refractivity contribution is 5.98. The molecule has 2 amide bonds. The molecule has 4 N–H and O–H groups in total. The molecule has 1 aromatic carbocycles. The lowest BCUT2D eigenvalue weighted by atomic mass is 10.1. The molecule has 1 fully saturated rings. The minimum atomic E-state index is -4.74. The predicted molar refractivity (Wildman–Crippen MR) is 136 cm³/mol. The first kappa shape index (κ1) is 26.6. The number of hydrogen-bond donors (Lipinski definition) is 3. The summed E-state index contributed by atoms with van der Waals surface area (Å²) in [5.41, 5.74) is 6.26. The Hall–Kier alpha value is -4.97. The minimum absolute atomic E-state index is 0.0263. The number of nitrogens with two attached hydrogens (primary N) is 1. The van der Waals surface area contributed by atoms with Crippen LogP contribution < -0.4 is 16.4 Å². The van der Waals surface area contributed by atoms with Crippen LogP contribution in [0.4, 0.5) is 24.7 Å². The second-order valence-corrected chi connectivity index (χ2v) is 9.25. The Balaban J connectivity index is 1.36. The van der Waals surface area contributed by atoms with Crippen LogP contribution >= 0.6 is 0 Å². The van der Waals surface area contributed by atoms with Crippen LogP contribution in [0.15, 0.2) is 43.0 Å². The maximum absolute atomic E-state index is 13.7. The first-order valence-corrected chi connectivity index (χ1v) is 12.1. The Morgan fingerprint density at radius 1 is 1.25 bits per heavy atom. The van der Waals surface area contributed by atoms with Crippen LogP contribution in [0.5, 0.6) is 0 Å². The largest absolute Gasteiger partial charge is 0.435 e. The maximum Gasteiger partial charge on any atom is 0.435 e. The van der Waals surface area contributed by atoms with E-state index in [0.29, 0.717) is 29.9 Å². The fraction of sp³-hybridized carbons (Fsp3) is 0.280. The number of likely N-dealkylation sites (tertiary alicyclic amines) is 1. The number of nitrogens with one attached hydrogen (secondary N) is 2. The van der Waals surface area contributed by atoms with Crippen LogP contribution in [0, 0.1) is 18.3 Å². The van der Waals surface area contributed by atoms with Crippen molar-refractivity contribution in [1.29, 1.82) is 5.26 Å². The average molecular weight is 553 g/mol. The van der Waals surface area contributed by atoms with E-state index in [1.807, 2.05) is 0 Å². The van der Waals surface area contributed by atoms with Crippen LogP contribution in [-0.4, -0.2) is 66.5 Å². The summed E-state index contributed by atoms with van der Waals surface area (Å²) < 4.78 is 43.4. The molecule has 15 heteroatoms. The number of alkyl halides is 3. The van der Waals surface area contributed by atoms with Gasteiger partial charge in [0.25, 0.3) is 5.91 Å². The number of hydrogen-bond acceptors (Lipinski definition) is 8. The van der Waals surface area contributed by atoms with Gasteiger partial charge in [-0.1, -0.05) is 0 Å². The van der Waals surface area contributed by atoms with Crippen LogP contribution in [0.3, 0.4) is 0 Å². The molecule has 1 saturated heterocycles. The Labute approximate surface area is 225 Å². The number of anilines is 2. The Bertz CT molecular complexity index is 1650. The Kier molecular flexibility index (Phi) is 6.86. The summed E-state index contributed by atoms with van der Waals surface area (Å²) in [6.07, 6.45) is 0.569. The maximum atomic E-state index is 13.7. The Morgan fingerprint density at radius 2 is 2.02 bits per heavy atom. The number of halogens is 3. The summed E-state index contributed by atoms with van der Waals surface area (Å²) in [4.78, 5) is 34.8. The number of nitriles is 1. The number of nitrogens with zero attached hydrogens (tertiary/aromatic N) is 7. The highest BCUT2D eigenvalue weighted by Crippen LogP contribution is 2.37. The number of carbonyl (C=O) groups is 2. The van der Waals surface area contributed by atoms with E-state index in [2.05, 4.69) is 25.7 Å². The monoisotopic (exact) mass is 552 g/mol. The number of benzene rings is 1. The SMILES string of the molecule is Cc1cc(Nc2nccn3c(-c4cn(CC#N)nc4C(F)(F)F)cnc23)ccc1C(=O)NCC(=O)N1CC(N)C1. The summed E-state index contributed by atoms with van der Waals surface area (Å²) in [7, 11) is 0. The zero-order valence-corrected chi connectivity index (χ0v) is 21.1. The molecule has 0 bridgehead atoms. The molecule has 1 aliphatic heterocycles. The van der Waals surface area contributed by atoms with Gasteiger partial charge in [0, 0.05) is 49.0 Å². The number of aryl methyl sites for hydroxylation is 1. The second-order valence-electron chi connectivity index (χ2n) is 9.25. The quantitative estimate of drug-likeness (QED) is 0.314. The first-order valence-electron chi connectivity index (χ1n) is 12.1. The molecule has 206 valence electrons. The number of rotatable bonds is 7. The number of carbonyl (C=O) groups excluding carboxylic acids is 2. The van der Waals surface area contributed by atoms with Gasteiger partial charge in [0.15, 0.2) is 17.2 Å². The number of fused-ring (bicyclic) bond motifs is 1. The summed E-state index contributed by atoms with van der Waals surface area (Å²) in [6.45, 7) is 2.20. The summed E-state index contributed by atoms with van der Waals surface area (Å²) in [5, 5.41) is 18.1. The smallest absolute Gasteiger partial charge is 0.343 e. The molecule has 4 aromatic rings. The lowest BCUT2D eigenvalue weighted by molar-refractivity contribution is -0.141. The third kappa shape index (κ3) is 5.16. The molecule has 0 unspecified atom stereocenters. The van der Waals surface area contributed by atoms with Gasteiger partial charge >= 0.3 is 6.18 Å². The molecule has 4 heterocycles. The summed E-state index contributed by atoms with van der Waals surface area (Å²) in [6, 6.07) is 6.68. The zero-order valence-electron chi connectivity index (χ0n) is 21.1. The van der Waals surface area contributed by atoms with Gasteiger partial charge in [0.05, 0.1) is 30.1 Å². The van der Waals surface area contributed by atoms with Gasteiger partial charge in [-0.15, -0.1) is 0 Å². The number of amides is 2.